The number of nitrogens with zero attached hydrogens (tertiary/aromatic N) is 3. The van der Waals surface area contributed by atoms with Crippen molar-refractivity contribution in [2.24, 2.45) is 0 Å². The van der Waals surface area contributed by atoms with Crippen molar-refractivity contribution >= 4 is 17.7 Å². The van der Waals surface area contributed by atoms with Crippen LogP contribution < -0.4 is 5.32 Å². The van der Waals surface area contributed by atoms with E-state index in [0.717, 1.165) is 40.6 Å². The van der Waals surface area contributed by atoms with Crippen LogP contribution in [0.1, 0.15) is 49.7 Å². The number of amides is 1. The van der Waals surface area contributed by atoms with E-state index in [1.165, 1.54) is 11.8 Å². The van der Waals surface area contributed by atoms with Crippen LogP contribution in [0.15, 0.2) is 59.8 Å². The summed E-state index contributed by atoms with van der Waals surface area (Å²) in [4.78, 5) is 12.9. The lowest BCUT2D eigenvalue weighted by molar-refractivity contribution is -0.121. The molecule has 152 valence electrons. The number of rotatable bonds is 8. The van der Waals surface area contributed by atoms with Gasteiger partial charge in [-0.05, 0) is 44.4 Å². The number of para-hydroxylation sites is 1. The molecule has 0 aliphatic rings. The highest BCUT2D eigenvalue weighted by molar-refractivity contribution is 8.00. The monoisotopic (exact) mass is 408 g/mol. The second-order valence-electron chi connectivity index (χ2n) is 7.17. The van der Waals surface area contributed by atoms with Gasteiger partial charge in [-0.25, -0.2) is 0 Å². The van der Waals surface area contributed by atoms with E-state index in [2.05, 4.69) is 47.6 Å². The molecule has 0 radical (unpaired) electrons. The van der Waals surface area contributed by atoms with E-state index >= 15 is 0 Å². The maximum Gasteiger partial charge on any atom is 0.233 e. The average Bonchev–Trinajstić information content (AvgIpc) is 3.08. The molecule has 0 spiro atoms. The third-order valence-electron chi connectivity index (χ3n) is 4.90. The molecule has 29 heavy (non-hydrogen) atoms. The van der Waals surface area contributed by atoms with E-state index in [0.29, 0.717) is 0 Å². The third kappa shape index (κ3) is 5.07. The number of hydrogen-bond donors (Lipinski definition) is 1. The minimum atomic E-state index is -0.288. The van der Waals surface area contributed by atoms with Gasteiger partial charge in [0.1, 0.15) is 5.82 Å². The van der Waals surface area contributed by atoms with Crippen molar-refractivity contribution in [2.75, 3.05) is 0 Å². The second-order valence-corrected chi connectivity index (χ2v) is 8.48. The van der Waals surface area contributed by atoms with Gasteiger partial charge in [0.25, 0.3) is 0 Å². The summed E-state index contributed by atoms with van der Waals surface area (Å²) in [5.74, 6) is 0.817. The average molecular weight is 409 g/mol. The minimum Gasteiger partial charge on any atom is -0.348 e. The number of thioether (sulfide) groups is 1. The number of aromatic nitrogens is 3. The molecule has 3 rings (SSSR count). The first kappa shape index (κ1) is 21.1. The quantitative estimate of drug-likeness (QED) is 0.532. The zero-order valence-electron chi connectivity index (χ0n) is 17.4. The number of hydrogen-bond acceptors (Lipinski definition) is 4. The van der Waals surface area contributed by atoms with E-state index in [4.69, 9.17) is 0 Å². The van der Waals surface area contributed by atoms with Crippen molar-refractivity contribution in [3.63, 3.8) is 0 Å². The Bertz CT molecular complexity index is 955. The molecule has 0 unspecified atom stereocenters. The van der Waals surface area contributed by atoms with Crippen molar-refractivity contribution in [1.29, 1.82) is 0 Å². The lowest BCUT2D eigenvalue weighted by Gasteiger charge is -2.21. The summed E-state index contributed by atoms with van der Waals surface area (Å²) in [5, 5.41) is 12.2. The summed E-state index contributed by atoms with van der Waals surface area (Å²) < 4.78 is 2.02. The Morgan fingerprint density at radius 2 is 1.76 bits per heavy atom. The molecule has 1 heterocycles. The molecule has 0 fully saturated rings. The highest BCUT2D eigenvalue weighted by atomic mass is 32.2. The third-order valence-corrected chi connectivity index (χ3v) is 5.94. The van der Waals surface area contributed by atoms with Crippen LogP contribution in [0.5, 0.6) is 0 Å². The van der Waals surface area contributed by atoms with Crippen molar-refractivity contribution in [2.45, 2.75) is 57.0 Å². The largest absolute Gasteiger partial charge is 0.348 e. The van der Waals surface area contributed by atoms with Gasteiger partial charge in [-0.15, -0.1) is 10.2 Å². The molecule has 2 aromatic carbocycles. The first-order valence-corrected chi connectivity index (χ1v) is 10.9. The molecule has 0 saturated carbocycles. The molecule has 1 amide bonds. The topological polar surface area (TPSA) is 59.8 Å². The predicted molar refractivity (Wildman–Crippen MR) is 118 cm³/mol. The van der Waals surface area contributed by atoms with Gasteiger partial charge in [0.15, 0.2) is 5.16 Å². The Balaban J connectivity index is 1.76. The number of carbonyl (C=O) groups is 1. The van der Waals surface area contributed by atoms with E-state index in [9.17, 15) is 4.79 Å². The minimum absolute atomic E-state index is 0.00860. The SMILES string of the molecule is CCC[C@@H](NC(=O)[C@@H](C)Sc1nnc(C)n1-c1ccccc1C)c1ccccc1. The van der Waals surface area contributed by atoms with Crippen molar-refractivity contribution in [3.8, 4) is 5.69 Å². The zero-order valence-corrected chi connectivity index (χ0v) is 18.2. The Hall–Kier alpha value is -2.60. The van der Waals surface area contributed by atoms with Gasteiger partial charge < -0.3 is 5.32 Å². The molecule has 1 N–H and O–H groups in total. The summed E-state index contributed by atoms with van der Waals surface area (Å²) in [6, 6.07) is 18.3. The van der Waals surface area contributed by atoms with Gasteiger partial charge in [-0.2, -0.15) is 0 Å². The Morgan fingerprint density at radius 3 is 2.45 bits per heavy atom. The van der Waals surface area contributed by atoms with Crippen LogP contribution in [-0.4, -0.2) is 25.9 Å². The molecule has 0 aliphatic carbocycles. The van der Waals surface area contributed by atoms with Crippen LogP contribution in [0.4, 0.5) is 0 Å². The standard InChI is InChI=1S/C23H28N4OS/c1-5-11-20(19-13-7-6-8-14-19)24-22(28)17(3)29-23-26-25-18(4)27(23)21-15-10-9-12-16(21)2/h6-10,12-15,17,20H,5,11H2,1-4H3,(H,24,28)/t17-,20-/m1/s1. The summed E-state index contributed by atoms with van der Waals surface area (Å²) in [5.41, 5.74) is 3.32. The van der Waals surface area contributed by atoms with Crippen LogP contribution in [0.25, 0.3) is 5.69 Å². The molecule has 0 bridgehead atoms. The molecule has 0 aliphatic heterocycles. The number of benzene rings is 2. The van der Waals surface area contributed by atoms with Gasteiger partial charge >= 0.3 is 0 Å². The molecule has 6 heteroatoms. The van der Waals surface area contributed by atoms with Gasteiger partial charge in [0, 0.05) is 0 Å². The van der Waals surface area contributed by atoms with Crippen LogP contribution in [0.3, 0.4) is 0 Å². The smallest absolute Gasteiger partial charge is 0.233 e. The molecular formula is C23H28N4OS. The molecule has 1 aromatic heterocycles. The zero-order chi connectivity index (χ0) is 20.8. The summed E-state index contributed by atoms with van der Waals surface area (Å²) in [6.07, 6.45) is 1.91. The van der Waals surface area contributed by atoms with Crippen molar-refractivity contribution in [3.05, 3.63) is 71.5 Å². The number of aryl methyl sites for hydroxylation is 2. The normalized spacial score (nSPS) is 13.1. The number of nitrogens with one attached hydrogen (secondary N) is 1. The first-order valence-electron chi connectivity index (χ1n) is 10.0. The Labute approximate surface area is 176 Å². The van der Waals surface area contributed by atoms with Crippen LogP contribution in [0, 0.1) is 13.8 Å². The fraction of sp³-hybridized carbons (Fsp3) is 0.348. The van der Waals surface area contributed by atoms with Crippen molar-refractivity contribution in [1.82, 2.24) is 20.1 Å². The van der Waals surface area contributed by atoms with E-state index in [1.807, 2.05) is 54.8 Å². The highest BCUT2D eigenvalue weighted by Crippen LogP contribution is 2.28. The Morgan fingerprint density at radius 1 is 1.07 bits per heavy atom. The molecule has 0 saturated heterocycles. The fourth-order valence-electron chi connectivity index (χ4n) is 3.31. The van der Waals surface area contributed by atoms with Gasteiger partial charge in [0.2, 0.25) is 5.91 Å². The Kier molecular flexibility index (Phi) is 7.09. The van der Waals surface area contributed by atoms with Crippen LogP contribution in [0.2, 0.25) is 0 Å². The number of carbonyl (C=O) groups excluding carboxylic acids is 1. The highest BCUT2D eigenvalue weighted by Gasteiger charge is 2.23. The van der Waals surface area contributed by atoms with E-state index < -0.39 is 0 Å². The molecule has 2 atom stereocenters. The van der Waals surface area contributed by atoms with Gasteiger partial charge in [0.05, 0.1) is 17.0 Å². The maximum absolute atomic E-state index is 12.9. The summed E-state index contributed by atoms with van der Waals surface area (Å²) in [7, 11) is 0. The fourth-order valence-corrected chi connectivity index (χ4v) is 4.22. The second kappa shape index (κ2) is 9.74. The summed E-state index contributed by atoms with van der Waals surface area (Å²) >= 11 is 1.44. The maximum atomic E-state index is 12.9. The predicted octanol–water partition coefficient (Wildman–Crippen LogP) is 5.02. The first-order chi connectivity index (χ1) is 14.0. The molecule has 3 aromatic rings. The molecular weight excluding hydrogens is 380 g/mol. The van der Waals surface area contributed by atoms with Crippen molar-refractivity contribution < 1.29 is 4.79 Å². The lowest BCUT2D eigenvalue weighted by Crippen LogP contribution is -2.34. The van der Waals surface area contributed by atoms with Crippen LogP contribution in [-0.2, 0) is 4.79 Å². The summed E-state index contributed by atoms with van der Waals surface area (Å²) in [6.45, 7) is 8.05. The van der Waals surface area contributed by atoms with Crippen LogP contribution >= 0.6 is 11.8 Å². The lowest BCUT2D eigenvalue weighted by atomic mass is 10.0. The van der Waals surface area contributed by atoms with E-state index in [1.54, 1.807) is 0 Å². The van der Waals surface area contributed by atoms with E-state index in [-0.39, 0.29) is 17.2 Å². The van der Waals surface area contributed by atoms with Gasteiger partial charge in [-0.3, -0.25) is 9.36 Å². The molecule has 5 nitrogen and oxygen atoms in total. The van der Waals surface area contributed by atoms with Gasteiger partial charge in [-0.1, -0.05) is 73.6 Å².